The Kier molecular flexibility index (Phi) is 3.21. The molecule has 3 nitrogen and oxygen atoms in total. The van der Waals surface area contributed by atoms with Crippen molar-refractivity contribution in [1.82, 2.24) is 4.90 Å². The zero-order valence-electron chi connectivity index (χ0n) is 11.4. The van der Waals surface area contributed by atoms with Crippen molar-refractivity contribution < 1.29 is 4.79 Å². The fraction of sp³-hybridized carbons (Fsp3) is 0.562. The first-order valence-electron chi connectivity index (χ1n) is 7.33. The lowest BCUT2D eigenvalue weighted by Gasteiger charge is -2.33. The van der Waals surface area contributed by atoms with Gasteiger partial charge in [-0.25, -0.2) is 0 Å². The largest absolute Gasteiger partial charge is 0.399 e. The number of hydrogen-bond donors (Lipinski definition) is 1. The van der Waals surface area contributed by atoms with E-state index in [2.05, 4.69) is 0 Å². The SMILES string of the molecule is Nc1cccc(C(=O)N2CCC3(CCCCC3)C2)c1. The van der Waals surface area contributed by atoms with Crippen molar-refractivity contribution in [3.05, 3.63) is 29.8 Å². The highest BCUT2D eigenvalue weighted by molar-refractivity contribution is 5.95. The molecule has 0 unspecified atom stereocenters. The molecular formula is C16H22N2O. The Morgan fingerprint density at radius 1 is 1.16 bits per heavy atom. The number of rotatable bonds is 1. The molecule has 1 heterocycles. The first kappa shape index (κ1) is 12.5. The first-order chi connectivity index (χ1) is 9.19. The Morgan fingerprint density at radius 2 is 1.95 bits per heavy atom. The molecule has 3 rings (SSSR count). The number of likely N-dealkylation sites (tertiary alicyclic amines) is 1. The summed E-state index contributed by atoms with van der Waals surface area (Å²) in [6.07, 6.45) is 7.81. The zero-order chi connectivity index (χ0) is 13.3. The molecular weight excluding hydrogens is 236 g/mol. The monoisotopic (exact) mass is 258 g/mol. The lowest BCUT2D eigenvalue weighted by atomic mass is 9.73. The summed E-state index contributed by atoms with van der Waals surface area (Å²) in [4.78, 5) is 14.5. The van der Waals surface area contributed by atoms with Gasteiger partial charge in [-0.1, -0.05) is 25.3 Å². The van der Waals surface area contributed by atoms with E-state index in [0.29, 0.717) is 11.1 Å². The molecule has 0 aromatic heterocycles. The maximum Gasteiger partial charge on any atom is 0.253 e. The number of hydrogen-bond acceptors (Lipinski definition) is 2. The molecule has 0 radical (unpaired) electrons. The third-order valence-corrected chi connectivity index (χ3v) is 4.77. The fourth-order valence-electron chi connectivity index (χ4n) is 3.67. The molecule has 19 heavy (non-hydrogen) atoms. The van der Waals surface area contributed by atoms with E-state index in [9.17, 15) is 4.79 Å². The van der Waals surface area contributed by atoms with Crippen molar-refractivity contribution in [2.45, 2.75) is 38.5 Å². The van der Waals surface area contributed by atoms with Gasteiger partial charge in [0, 0.05) is 24.3 Å². The van der Waals surface area contributed by atoms with Crippen LogP contribution in [0.1, 0.15) is 48.9 Å². The van der Waals surface area contributed by atoms with Crippen LogP contribution in [-0.2, 0) is 0 Å². The molecule has 1 amide bonds. The van der Waals surface area contributed by atoms with Crippen molar-refractivity contribution in [3.8, 4) is 0 Å². The molecule has 1 aromatic rings. The van der Waals surface area contributed by atoms with Crippen molar-refractivity contribution in [2.24, 2.45) is 5.41 Å². The van der Waals surface area contributed by atoms with Crippen molar-refractivity contribution in [1.29, 1.82) is 0 Å². The van der Waals surface area contributed by atoms with Gasteiger partial charge in [0.25, 0.3) is 5.91 Å². The minimum Gasteiger partial charge on any atom is -0.399 e. The minimum absolute atomic E-state index is 0.148. The van der Waals surface area contributed by atoms with Gasteiger partial charge in [0.05, 0.1) is 0 Å². The highest BCUT2D eigenvalue weighted by Crippen LogP contribution is 2.43. The van der Waals surface area contributed by atoms with E-state index >= 15 is 0 Å². The fourth-order valence-corrected chi connectivity index (χ4v) is 3.67. The van der Waals surface area contributed by atoms with Crippen molar-refractivity contribution >= 4 is 11.6 Å². The minimum atomic E-state index is 0.148. The number of amides is 1. The van der Waals surface area contributed by atoms with Crippen LogP contribution in [0.4, 0.5) is 5.69 Å². The van der Waals surface area contributed by atoms with Gasteiger partial charge in [0.1, 0.15) is 0 Å². The molecule has 2 fully saturated rings. The summed E-state index contributed by atoms with van der Waals surface area (Å²) in [6.45, 7) is 1.86. The van der Waals surface area contributed by atoms with Gasteiger partial charge in [0.2, 0.25) is 0 Å². The van der Waals surface area contributed by atoms with Gasteiger partial charge in [0.15, 0.2) is 0 Å². The lowest BCUT2D eigenvalue weighted by Crippen LogP contribution is -2.33. The Balaban J connectivity index is 1.72. The van der Waals surface area contributed by atoms with Crippen molar-refractivity contribution in [2.75, 3.05) is 18.8 Å². The quantitative estimate of drug-likeness (QED) is 0.787. The Bertz CT molecular complexity index is 477. The van der Waals surface area contributed by atoms with Crippen LogP contribution in [0.25, 0.3) is 0 Å². The summed E-state index contributed by atoms with van der Waals surface area (Å²) in [5, 5.41) is 0. The number of nitrogens with zero attached hydrogens (tertiary/aromatic N) is 1. The van der Waals surface area contributed by atoms with Gasteiger partial charge in [-0.15, -0.1) is 0 Å². The second-order valence-electron chi connectivity index (χ2n) is 6.16. The summed E-state index contributed by atoms with van der Waals surface area (Å²) < 4.78 is 0. The predicted octanol–water partition coefficient (Wildman–Crippen LogP) is 3.07. The topological polar surface area (TPSA) is 46.3 Å². The van der Waals surface area contributed by atoms with E-state index in [0.717, 1.165) is 18.7 Å². The molecule has 1 aromatic carbocycles. The second kappa shape index (κ2) is 4.87. The van der Waals surface area contributed by atoms with Crippen LogP contribution in [0.15, 0.2) is 24.3 Å². The molecule has 2 aliphatic rings. The van der Waals surface area contributed by atoms with E-state index < -0.39 is 0 Å². The number of carbonyl (C=O) groups excluding carboxylic acids is 1. The standard InChI is InChI=1S/C16H22N2O/c17-14-6-4-5-13(11-14)15(19)18-10-9-16(12-18)7-2-1-3-8-16/h4-6,11H,1-3,7-10,12,17H2. The summed E-state index contributed by atoms with van der Waals surface area (Å²) in [6, 6.07) is 7.33. The maximum atomic E-state index is 12.5. The summed E-state index contributed by atoms with van der Waals surface area (Å²) in [5.74, 6) is 0.148. The molecule has 1 saturated heterocycles. The van der Waals surface area contributed by atoms with Crippen LogP contribution in [0.5, 0.6) is 0 Å². The van der Waals surface area contributed by atoms with E-state index in [-0.39, 0.29) is 5.91 Å². The number of carbonyl (C=O) groups is 1. The normalized spacial score (nSPS) is 21.8. The molecule has 0 bridgehead atoms. The molecule has 1 saturated carbocycles. The van der Waals surface area contributed by atoms with Crippen LogP contribution in [0.2, 0.25) is 0 Å². The van der Waals surface area contributed by atoms with Crippen LogP contribution >= 0.6 is 0 Å². The van der Waals surface area contributed by atoms with Crippen LogP contribution < -0.4 is 5.73 Å². The van der Waals surface area contributed by atoms with Gasteiger partial charge in [-0.3, -0.25) is 4.79 Å². The molecule has 1 aliphatic heterocycles. The third kappa shape index (κ3) is 2.46. The summed E-state index contributed by atoms with van der Waals surface area (Å²) in [5.41, 5.74) is 7.58. The molecule has 1 spiro atoms. The number of anilines is 1. The third-order valence-electron chi connectivity index (χ3n) is 4.77. The Hall–Kier alpha value is -1.51. The predicted molar refractivity (Wildman–Crippen MR) is 76.9 cm³/mol. The maximum absolute atomic E-state index is 12.5. The average molecular weight is 258 g/mol. The average Bonchev–Trinajstić information content (AvgIpc) is 2.82. The van der Waals surface area contributed by atoms with Crippen LogP contribution in [-0.4, -0.2) is 23.9 Å². The Morgan fingerprint density at radius 3 is 2.68 bits per heavy atom. The number of nitrogen functional groups attached to an aromatic ring is 1. The lowest BCUT2D eigenvalue weighted by molar-refractivity contribution is 0.0759. The first-order valence-corrected chi connectivity index (χ1v) is 7.33. The van der Waals surface area contributed by atoms with Crippen molar-refractivity contribution in [3.63, 3.8) is 0 Å². The number of nitrogens with two attached hydrogens (primary N) is 1. The van der Waals surface area contributed by atoms with E-state index in [1.165, 1.54) is 38.5 Å². The van der Waals surface area contributed by atoms with E-state index in [1.54, 1.807) is 6.07 Å². The highest BCUT2D eigenvalue weighted by Gasteiger charge is 2.40. The van der Waals surface area contributed by atoms with E-state index in [4.69, 9.17) is 5.73 Å². The van der Waals surface area contributed by atoms with Gasteiger partial charge in [-0.2, -0.15) is 0 Å². The van der Waals surface area contributed by atoms with Gasteiger partial charge >= 0.3 is 0 Å². The molecule has 1 aliphatic carbocycles. The van der Waals surface area contributed by atoms with Gasteiger partial charge < -0.3 is 10.6 Å². The smallest absolute Gasteiger partial charge is 0.253 e. The molecule has 102 valence electrons. The molecule has 0 atom stereocenters. The van der Waals surface area contributed by atoms with Crippen LogP contribution in [0, 0.1) is 5.41 Å². The second-order valence-corrected chi connectivity index (χ2v) is 6.16. The van der Waals surface area contributed by atoms with Crippen LogP contribution in [0.3, 0.4) is 0 Å². The summed E-state index contributed by atoms with van der Waals surface area (Å²) in [7, 11) is 0. The van der Waals surface area contributed by atoms with E-state index in [1.807, 2.05) is 23.1 Å². The summed E-state index contributed by atoms with van der Waals surface area (Å²) >= 11 is 0. The van der Waals surface area contributed by atoms with Gasteiger partial charge in [-0.05, 0) is 42.9 Å². The highest BCUT2D eigenvalue weighted by atomic mass is 16.2. The number of benzene rings is 1. The molecule has 3 heteroatoms. The zero-order valence-corrected chi connectivity index (χ0v) is 11.4. The Labute approximate surface area is 114 Å². The molecule has 2 N–H and O–H groups in total.